The molecule has 1 aromatic carbocycles. The molecule has 0 radical (unpaired) electrons. The van der Waals surface area contributed by atoms with Crippen LogP contribution in [0.25, 0.3) is 0 Å². The van der Waals surface area contributed by atoms with Gasteiger partial charge < -0.3 is 0 Å². The van der Waals surface area contributed by atoms with Crippen molar-refractivity contribution in [3.05, 3.63) is 35.4 Å². The monoisotopic (exact) mass is 198 g/mol. The van der Waals surface area contributed by atoms with Crippen LogP contribution in [0.1, 0.15) is 15.9 Å². The van der Waals surface area contributed by atoms with E-state index in [1.54, 1.807) is 7.05 Å². The number of fused-ring (bicyclic) bond motifs is 1. The molecule has 0 saturated heterocycles. The molecule has 0 fully saturated rings. The van der Waals surface area contributed by atoms with Crippen molar-refractivity contribution in [2.75, 3.05) is 7.05 Å². The zero-order valence-electron chi connectivity index (χ0n) is 7.28. The van der Waals surface area contributed by atoms with E-state index < -0.39 is 0 Å². The van der Waals surface area contributed by atoms with Gasteiger partial charge in [0.15, 0.2) is 0 Å². The lowest BCUT2D eigenvalue weighted by molar-refractivity contribution is 0.0686. The largest absolute Gasteiger partial charge is 0.277 e. The van der Waals surface area contributed by atoms with E-state index >= 15 is 0 Å². The van der Waals surface area contributed by atoms with Crippen LogP contribution in [0.2, 0.25) is 0 Å². The van der Waals surface area contributed by atoms with Crippen molar-refractivity contribution in [2.24, 2.45) is 0 Å². The van der Waals surface area contributed by atoms with Crippen LogP contribution in [0.4, 0.5) is 0 Å². The van der Waals surface area contributed by atoms with Crippen molar-refractivity contribution in [3.63, 3.8) is 0 Å². The Bertz CT molecular complexity index is 327. The summed E-state index contributed by atoms with van der Waals surface area (Å²) < 4.78 is 0. The molecule has 1 aromatic rings. The Morgan fingerprint density at radius 2 is 2.08 bits per heavy atom. The molecular formula is C9H11ClN2O. The molecule has 0 unspecified atom stereocenters. The fourth-order valence-corrected chi connectivity index (χ4v) is 1.34. The van der Waals surface area contributed by atoms with Gasteiger partial charge in [-0.05, 0) is 11.6 Å². The number of carbonyl (C=O) groups excluding carboxylic acids is 1. The third kappa shape index (κ3) is 1.66. The van der Waals surface area contributed by atoms with Gasteiger partial charge in [-0.15, -0.1) is 12.4 Å². The van der Waals surface area contributed by atoms with E-state index in [2.05, 4.69) is 5.43 Å². The number of benzene rings is 1. The second-order valence-electron chi connectivity index (χ2n) is 2.86. The van der Waals surface area contributed by atoms with Gasteiger partial charge >= 0.3 is 0 Å². The van der Waals surface area contributed by atoms with Crippen LogP contribution in [0.3, 0.4) is 0 Å². The normalized spacial score (nSPS) is 14.8. The van der Waals surface area contributed by atoms with E-state index in [0.717, 1.165) is 17.7 Å². The third-order valence-corrected chi connectivity index (χ3v) is 2.06. The highest BCUT2D eigenvalue weighted by molar-refractivity contribution is 5.95. The van der Waals surface area contributed by atoms with Gasteiger partial charge in [0.25, 0.3) is 5.91 Å². The Kier molecular flexibility index (Phi) is 2.90. The van der Waals surface area contributed by atoms with E-state index in [4.69, 9.17) is 0 Å². The average Bonchev–Trinajstić information content (AvgIpc) is 2.12. The van der Waals surface area contributed by atoms with E-state index in [1.807, 2.05) is 24.3 Å². The summed E-state index contributed by atoms with van der Waals surface area (Å²) in [6.45, 7) is 0.735. The first-order valence-electron chi connectivity index (χ1n) is 3.88. The number of rotatable bonds is 0. The predicted octanol–water partition coefficient (Wildman–Crippen LogP) is 1.20. The number of halogens is 1. The molecule has 0 atom stereocenters. The molecule has 1 aliphatic heterocycles. The predicted molar refractivity (Wildman–Crippen MR) is 52.6 cm³/mol. The van der Waals surface area contributed by atoms with Crippen LogP contribution in [-0.2, 0) is 6.54 Å². The SMILES string of the molecule is CN1NCc2ccccc2C1=O.Cl. The summed E-state index contributed by atoms with van der Waals surface area (Å²) in [4.78, 5) is 11.5. The zero-order chi connectivity index (χ0) is 8.55. The molecule has 1 heterocycles. The summed E-state index contributed by atoms with van der Waals surface area (Å²) in [6, 6.07) is 7.65. The van der Waals surface area contributed by atoms with E-state index in [1.165, 1.54) is 5.01 Å². The Labute approximate surface area is 83.1 Å². The van der Waals surface area contributed by atoms with Crippen molar-refractivity contribution < 1.29 is 4.79 Å². The lowest BCUT2D eigenvalue weighted by Crippen LogP contribution is -2.43. The number of carbonyl (C=O) groups is 1. The summed E-state index contributed by atoms with van der Waals surface area (Å²) in [5, 5.41) is 1.52. The fraction of sp³-hybridized carbons (Fsp3) is 0.222. The first kappa shape index (κ1) is 10.0. The van der Waals surface area contributed by atoms with E-state index in [0.29, 0.717) is 0 Å². The van der Waals surface area contributed by atoms with Gasteiger partial charge in [-0.2, -0.15) is 0 Å². The molecule has 2 rings (SSSR count). The molecule has 0 aromatic heterocycles. The van der Waals surface area contributed by atoms with Gasteiger partial charge in [0.1, 0.15) is 0 Å². The first-order valence-corrected chi connectivity index (χ1v) is 3.88. The highest BCUT2D eigenvalue weighted by atomic mass is 35.5. The summed E-state index contributed by atoms with van der Waals surface area (Å²) in [6.07, 6.45) is 0. The van der Waals surface area contributed by atoms with E-state index in [9.17, 15) is 4.79 Å². The molecule has 0 aliphatic carbocycles. The Hall–Kier alpha value is -1.06. The highest BCUT2D eigenvalue weighted by Crippen LogP contribution is 2.13. The molecule has 3 nitrogen and oxygen atoms in total. The van der Waals surface area contributed by atoms with Crippen LogP contribution in [0, 0.1) is 0 Å². The number of amides is 1. The molecule has 0 saturated carbocycles. The van der Waals surface area contributed by atoms with Gasteiger partial charge in [0.2, 0.25) is 0 Å². The lowest BCUT2D eigenvalue weighted by Gasteiger charge is -2.25. The summed E-state index contributed by atoms with van der Waals surface area (Å²) >= 11 is 0. The molecule has 4 heteroatoms. The van der Waals surface area contributed by atoms with Crippen LogP contribution >= 0.6 is 12.4 Å². The van der Waals surface area contributed by atoms with Gasteiger partial charge in [0, 0.05) is 19.2 Å². The van der Waals surface area contributed by atoms with Gasteiger partial charge in [-0.25, -0.2) is 5.43 Å². The van der Waals surface area contributed by atoms with Crippen LogP contribution in [0.15, 0.2) is 24.3 Å². The maximum Gasteiger partial charge on any atom is 0.268 e. The molecule has 1 amide bonds. The molecular weight excluding hydrogens is 188 g/mol. The molecule has 0 bridgehead atoms. The third-order valence-electron chi connectivity index (χ3n) is 2.06. The highest BCUT2D eigenvalue weighted by Gasteiger charge is 2.19. The fourth-order valence-electron chi connectivity index (χ4n) is 1.34. The Morgan fingerprint density at radius 1 is 1.38 bits per heavy atom. The standard InChI is InChI=1S/C9H10N2O.ClH/c1-11-9(12)8-5-3-2-4-7(8)6-10-11;/h2-5,10H,6H2,1H3;1H. The molecule has 1 aliphatic rings. The van der Waals surface area contributed by atoms with Crippen LogP contribution in [0.5, 0.6) is 0 Å². The van der Waals surface area contributed by atoms with Crippen molar-refractivity contribution >= 4 is 18.3 Å². The molecule has 0 spiro atoms. The zero-order valence-corrected chi connectivity index (χ0v) is 8.10. The van der Waals surface area contributed by atoms with E-state index in [-0.39, 0.29) is 18.3 Å². The van der Waals surface area contributed by atoms with Crippen LogP contribution in [-0.4, -0.2) is 18.0 Å². The maximum absolute atomic E-state index is 11.5. The van der Waals surface area contributed by atoms with Crippen molar-refractivity contribution in [2.45, 2.75) is 6.54 Å². The number of nitrogens with zero attached hydrogens (tertiary/aromatic N) is 1. The summed E-state index contributed by atoms with van der Waals surface area (Å²) in [5.74, 6) is 0.0388. The average molecular weight is 199 g/mol. The number of hydrogen-bond donors (Lipinski definition) is 1. The van der Waals surface area contributed by atoms with Gasteiger partial charge in [-0.3, -0.25) is 9.80 Å². The molecule has 1 N–H and O–H groups in total. The quantitative estimate of drug-likeness (QED) is 0.680. The van der Waals surface area contributed by atoms with Gasteiger partial charge in [-0.1, -0.05) is 18.2 Å². The number of hydrogen-bond acceptors (Lipinski definition) is 2. The van der Waals surface area contributed by atoms with Gasteiger partial charge in [0.05, 0.1) is 0 Å². The topological polar surface area (TPSA) is 32.3 Å². The second kappa shape index (κ2) is 3.77. The van der Waals surface area contributed by atoms with Crippen LogP contribution < -0.4 is 5.43 Å². The minimum atomic E-state index is 0. The smallest absolute Gasteiger partial charge is 0.268 e. The second-order valence-corrected chi connectivity index (χ2v) is 2.86. The van der Waals surface area contributed by atoms with Crippen molar-refractivity contribution in [1.29, 1.82) is 0 Å². The number of hydrazine groups is 1. The number of nitrogens with one attached hydrogen (secondary N) is 1. The molecule has 13 heavy (non-hydrogen) atoms. The lowest BCUT2D eigenvalue weighted by atomic mass is 10.1. The first-order chi connectivity index (χ1) is 5.79. The maximum atomic E-state index is 11.5. The molecule has 70 valence electrons. The minimum Gasteiger partial charge on any atom is -0.277 e. The minimum absolute atomic E-state index is 0. The Morgan fingerprint density at radius 3 is 2.85 bits per heavy atom. The van der Waals surface area contributed by atoms with Crippen molar-refractivity contribution in [1.82, 2.24) is 10.4 Å². The summed E-state index contributed by atoms with van der Waals surface area (Å²) in [7, 11) is 1.73. The summed E-state index contributed by atoms with van der Waals surface area (Å²) in [5.41, 5.74) is 4.85. The Balaban J connectivity index is 0.000000845. The van der Waals surface area contributed by atoms with Crippen molar-refractivity contribution in [3.8, 4) is 0 Å².